The summed E-state index contributed by atoms with van der Waals surface area (Å²) in [6.07, 6.45) is 1.74. The highest BCUT2D eigenvalue weighted by Gasteiger charge is 2.08. The quantitative estimate of drug-likeness (QED) is 0.661. The third kappa shape index (κ3) is 4.95. The molecule has 27 heavy (non-hydrogen) atoms. The Kier molecular flexibility index (Phi) is 5.91. The largest absolute Gasteiger partial charge is 0.476 e. The van der Waals surface area contributed by atoms with Crippen molar-refractivity contribution in [2.24, 2.45) is 5.92 Å². The minimum absolute atomic E-state index is 0.417. The second-order valence-electron chi connectivity index (χ2n) is 6.80. The fraction of sp³-hybridized carbons (Fsp3) is 0.368. The summed E-state index contributed by atoms with van der Waals surface area (Å²) in [7, 11) is 0. The lowest BCUT2D eigenvalue weighted by molar-refractivity contribution is 0.261. The number of nitrogens with one attached hydrogen (secondary N) is 1. The monoisotopic (exact) mass is 386 g/mol. The summed E-state index contributed by atoms with van der Waals surface area (Å²) < 4.78 is 7.36. The Bertz CT molecular complexity index is 907. The van der Waals surface area contributed by atoms with Gasteiger partial charge in [-0.25, -0.2) is 9.67 Å². The van der Waals surface area contributed by atoms with Gasteiger partial charge in [0.15, 0.2) is 5.82 Å². The summed E-state index contributed by atoms with van der Waals surface area (Å²) in [6, 6.07) is 7.59. The molecule has 3 heterocycles. The number of halogens is 1. The summed E-state index contributed by atoms with van der Waals surface area (Å²) in [4.78, 5) is 4.29. The normalized spacial score (nSPS) is 11.0. The van der Waals surface area contributed by atoms with E-state index in [0.29, 0.717) is 41.6 Å². The predicted octanol–water partition coefficient (Wildman–Crippen LogP) is 3.97. The van der Waals surface area contributed by atoms with Crippen LogP contribution in [-0.4, -0.2) is 31.6 Å². The van der Waals surface area contributed by atoms with Gasteiger partial charge < -0.3 is 10.1 Å². The Balaban J connectivity index is 1.61. The molecule has 0 unspecified atom stereocenters. The number of aromatic nitrogens is 5. The fourth-order valence-corrected chi connectivity index (χ4v) is 2.74. The first kappa shape index (κ1) is 19.1. The zero-order chi connectivity index (χ0) is 19.4. The molecule has 1 N–H and O–H groups in total. The molecular weight excluding hydrogens is 364 g/mol. The van der Waals surface area contributed by atoms with Gasteiger partial charge in [-0.05, 0) is 49.6 Å². The Morgan fingerprint density at radius 1 is 1.19 bits per heavy atom. The smallest absolute Gasteiger partial charge is 0.232 e. The Labute approximate surface area is 163 Å². The number of hydrogen-bond acceptors (Lipinski definition) is 6. The van der Waals surface area contributed by atoms with Gasteiger partial charge in [-0.15, -0.1) is 10.2 Å². The van der Waals surface area contributed by atoms with E-state index in [1.807, 2.05) is 38.1 Å². The molecule has 0 bridgehead atoms. The molecule has 0 saturated heterocycles. The average Bonchev–Trinajstić information content (AvgIpc) is 2.97. The molecule has 3 aromatic rings. The molecule has 0 aliphatic carbocycles. The Morgan fingerprint density at radius 3 is 2.59 bits per heavy atom. The highest BCUT2D eigenvalue weighted by atomic mass is 35.5. The zero-order valence-corrected chi connectivity index (χ0v) is 16.7. The van der Waals surface area contributed by atoms with Crippen molar-refractivity contribution in [1.82, 2.24) is 25.0 Å². The molecule has 142 valence electrons. The van der Waals surface area contributed by atoms with Crippen LogP contribution in [-0.2, 0) is 6.54 Å². The van der Waals surface area contributed by atoms with Gasteiger partial charge in [0.05, 0.1) is 12.3 Å². The molecule has 0 aliphatic heterocycles. The van der Waals surface area contributed by atoms with E-state index in [1.165, 1.54) is 0 Å². The van der Waals surface area contributed by atoms with Gasteiger partial charge in [-0.3, -0.25) is 0 Å². The maximum Gasteiger partial charge on any atom is 0.232 e. The summed E-state index contributed by atoms with van der Waals surface area (Å²) in [5, 5.41) is 16.6. The number of anilines is 1. The molecule has 0 fully saturated rings. The van der Waals surface area contributed by atoms with E-state index in [2.05, 4.69) is 39.4 Å². The number of rotatable bonds is 7. The van der Waals surface area contributed by atoms with Crippen LogP contribution in [0.25, 0.3) is 5.82 Å². The lowest BCUT2D eigenvalue weighted by Crippen LogP contribution is -2.08. The van der Waals surface area contributed by atoms with Gasteiger partial charge in [-0.1, -0.05) is 25.4 Å². The Hall–Kier alpha value is -2.67. The van der Waals surface area contributed by atoms with Gasteiger partial charge in [0.2, 0.25) is 5.88 Å². The highest BCUT2D eigenvalue weighted by molar-refractivity contribution is 6.31. The average molecular weight is 387 g/mol. The van der Waals surface area contributed by atoms with E-state index < -0.39 is 0 Å². The summed E-state index contributed by atoms with van der Waals surface area (Å²) in [5.41, 5.74) is 2.89. The minimum atomic E-state index is 0.417. The predicted molar refractivity (Wildman–Crippen MR) is 106 cm³/mol. The van der Waals surface area contributed by atoms with Crippen molar-refractivity contribution in [2.75, 3.05) is 11.9 Å². The fourth-order valence-electron chi connectivity index (χ4n) is 2.50. The summed E-state index contributed by atoms with van der Waals surface area (Å²) >= 11 is 6.25. The maximum absolute atomic E-state index is 6.25. The van der Waals surface area contributed by atoms with Crippen molar-refractivity contribution in [1.29, 1.82) is 0 Å². The van der Waals surface area contributed by atoms with Crippen LogP contribution in [0.2, 0.25) is 5.02 Å². The lowest BCUT2D eigenvalue weighted by Gasteiger charge is -2.11. The highest BCUT2D eigenvalue weighted by Crippen LogP contribution is 2.23. The molecular formula is C19H23ClN6O. The molecule has 3 rings (SSSR count). The maximum atomic E-state index is 6.25. The molecule has 7 nitrogen and oxygen atoms in total. The van der Waals surface area contributed by atoms with E-state index >= 15 is 0 Å². The van der Waals surface area contributed by atoms with E-state index in [-0.39, 0.29) is 0 Å². The Morgan fingerprint density at radius 2 is 2.00 bits per heavy atom. The standard InChI is InChI=1S/C19H23ClN6O/c1-12(2)11-27-19-16(20)8-15(10-22-19)9-21-17-5-6-18(24-23-17)26-14(4)7-13(3)25-26/h5-8,10,12H,9,11H2,1-4H3,(H,21,23). The van der Waals surface area contributed by atoms with Crippen molar-refractivity contribution >= 4 is 17.4 Å². The SMILES string of the molecule is Cc1cc(C)n(-c2ccc(NCc3cnc(OCC(C)C)c(Cl)c3)nn2)n1. The molecule has 0 aliphatic rings. The number of aryl methyl sites for hydroxylation is 2. The van der Waals surface area contributed by atoms with E-state index in [4.69, 9.17) is 16.3 Å². The van der Waals surface area contributed by atoms with Crippen molar-refractivity contribution in [2.45, 2.75) is 34.2 Å². The number of pyridine rings is 1. The van der Waals surface area contributed by atoms with Crippen LogP contribution in [0.4, 0.5) is 5.82 Å². The summed E-state index contributed by atoms with van der Waals surface area (Å²) in [5.74, 6) is 2.22. The molecule has 8 heteroatoms. The second-order valence-corrected chi connectivity index (χ2v) is 7.21. The van der Waals surface area contributed by atoms with Crippen molar-refractivity contribution < 1.29 is 4.74 Å². The molecule has 0 atom stereocenters. The molecule has 3 aromatic heterocycles. The van der Waals surface area contributed by atoms with E-state index in [9.17, 15) is 0 Å². The van der Waals surface area contributed by atoms with Crippen LogP contribution in [0.1, 0.15) is 30.8 Å². The van der Waals surface area contributed by atoms with Gasteiger partial charge in [0.1, 0.15) is 10.8 Å². The number of hydrogen-bond donors (Lipinski definition) is 1. The second kappa shape index (κ2) is 8.35. The van der Waals surface area contributed by atoms with Crippen LogP contribution in [0.5, 0.6) is 5.88 Å². The third-order valence-electron chi connectivity index (χ3n) is 3.77. The first-order valence-corrected chi connectivity index (χ1v) is 9.18. The van der Waals surface area contributed by atoms with Crippen LogP contribution in [0.15, 0.2) is 30.5 Å². The topological polar surface area (TPSA) is 77.8 Å². The van der Waals surface area contributed by atoms with Crippen LogP contribution in [0, 0.1) is 19.8 Å². The number of nitrogens with zero attached hydrogens (tertiary/aromatic N) is 5. The molecule has 0 aromatic carbocycles. The molecule has 0 radical (unpaired) electrons. The first-order chi connectivity index (χ1) is 12.9. The van der Waals surface area contributed by atoms with Gasteiger partial charge >= 0.3 is 0 Å². The number of ether oxygens (including phenoxy) is 1. The summed E-state index contributed by atoms with van der Waals surface area (Å²) in [6.45, 7) is 9.21. The first-order valence-electron chi connectivity index (χ1n) is 8.81. The van der Waals surface area contributed by atoms with Crippen molar-refractivity contribution in [3.05, 3.63) is 52.4 Å². The van der Waals surface area contributed by atoms with Crippen LogP contribution < -0.4 is 10.1 Å². The zero-order valence-electron chi connectivity index (χ0n) is 15.9. The van der Waals surface area contributed by atoms with E-state index in [0.717, 1.165) is 17.0 Å². The molecule has 0 amide bonds. The van der Waals surface area contributed by atoms with Crippen LogP contribution in [0.3, 0.4) is 0 Å². The van der Waals surface area contributed by atoms with Crippen molar-refractivity contribution in [3.63, 3.8) is 0 Å². The van der Waals surface area contributed by atoms with Gasteiger partial charge in [0, 0.05) is 18.4 Å². The van der Waals surface area contributed by atoms with Crippen LogP contribution >= 0.6 is 11.6 Å². The lowest BCUT2D eigenvalue weighted by atomic mass is 10.2. The third-order valence-corrected chi connectivity index (χ3v) is 4.04. The van der Waals surface area contributed by atoms with Crippen molar-refractivity contribution in [3.8, 4) is 11.7 Å². The van der Waals surface area contributed by atoms with Gasteiger partial charge in [0.25, 0.3) is 0 Å². The minimum Gasteiger partial charge on any atom is -0.476 e. The molecule has 0 saturated carbocycles. The molecule has 0 spiro atoms. The van der Waals surface area contributed by atoms with Gasteiger partial charge in [-0.2, -0.15) is 5.10 Å². The van der Waals surface area contributed by atoms with E-state index in [1.54, 1.807) is 10.9 Å².